The molecular formula is C19H19ClFNO2S. The summed E-state index contributed by atoms with van der Waals surface area (Å²) in [6, 6.07) is 12.8. The Morgan fingerprint density at radius 3 is 2.36 bits per heavy atom. The Hall–Kier alpha value is -1.98. The van der Waals surface area contributed by atoms with Crippen LogP contribution in [-0.2, 0) is 9.53 Å². The summed E-state index contributed by atoms with van der Waals surface area (Å²) in [6.45, 7) is 5.25. The van der Waals surface area contributed by atoms with E-state index in [1.807, 2.05) is 30.3 Å². The van der Waals surface area contributed by atoms with Crippen LogP contribution >= 0.6 is 23.8 Å². The molecule has 0 heterocycles. The van der Waals surface area contributed by atoms with E-state index in [1.54, 1.807) is 25.7 Å². The normalized spacial score (nSPS) is 11.9. The summed E-state index contributed by atoms with van der Waals surface area (Å²) in [7, 11) is 0. The van der Waals surface area contributed by atoms with Crippen molar-refractivity contribution in [1.82, 2.24) is 0 Å². The minimum Gasteiger partial charge on any atom is -0.461 e. The van der Waals surface area contributed by atoms with Gasteiger partial charge in [0, 0.05) is 11.3 Å². The van der Waals surface area contributed by atoms with Crippen LogP contribution in [0.4, 0.5) is 10.1 Å². The minimum atomic E-state index is -0.698. The fourth-order valence-electron chi connectivity index (χ4n) is 2.31. The summed E-state index contributed by atoms with van der Waals surface area (Å²) in [5.74, 6) is -0.956. The molecule has 132 valence electrons. The fraction of sp³-hybridized carbons (Fsp3) is 0.263. The second-order valence-electron chi connectivity index (χ2n) is 5.80. The number of benzene rings is 2. The average Bonchev–Trinajstić information content (AvgIpc) is 2.58. The van der Waals surface area contributed by atoms with E-state index in [4.69, 9.17) is 28.6 Å². The molecule has 0 aliphatic heterocycles. The number of carbonyl (C=O) groups is 1. The van der Waals surface area contributed by atoms with E-state index in [0.717, 1.165) is 5.56 Å². The molecule has 0 amide bonds. The molecule has 0 aromatic heterocycles. The summed E-state index contributed by atoms with van der Waals surface area (Å²) in [5, 5.41) is -0.0391. The Bertz CT molecular complexity index is 767. The van der Waals surface area contributed by atoms with Gasteiger partial charge in [-0.05, 0) is 39.0 Å². The Labute approximate surface area is 157 Å². The first-order valence-electron chi connectivity index (χ1n) is 7.85. The van der Waals surface area contributed by atoms with Crippen molar-refractivity contribution in [2.45, 2.75) is 32.9 Å². The summed E-state index contributed by atoms with van der Waals surface area (Å²) in [6.07, 6.45) is -0.251. The van der Waals surface area contributed by atoms with Gasteiger partial charge in [0.1, 0.15) is 16.8 Å². The Morgan fingerprint density at radius 2 is 1.80 bits per heavy atom. The van der Waals surface area contributed by atoms with Crippen molar-refractivity contribution in [1.29, 1.82) is 0 Å². The molecule has 0 aliphatic rings. The highest BCUT2D eigenvalue weighted by molar-refractivity contribution is 7.81. The smallest absolute Gasteiger partial charge is 0.329 e. The van der Waals surface area contributed by atoms with Crippen molar-refractivity contribution in [3.63, 3.8) is 0 Å². The maximum absolute atomic E-state index is 13.5. The molecule has 2 aromatic rings. The molecule has 0 radical (unpaired) electrons. The highest BCUT2D eigenvalue weighted by atomic mass is 35.5. The van der Waals surface area contributed by atoms with Gasteiger partial charge in [-0.15, -0.1) is 0 Å². The largest absolute Gasteiger partial charge is 0.461 e. The van der Waals surface area contributed by atoms with Crippen molar-refractivity contribution < 1.29 is 13.9 Å². The first-order valence-corrected chi connectivity index (χ1v) is 8.64. The van der Waals surface area contributed by atoms with Gasteiger partial charge in [0.25, 0.3) is 0 Å². The molecule has 1 atom stereocenters. The number of halogens is 2. The summed E-state index contributed by atoms with van der Waals surface area (Å²) < 4.78 is 18.9. The average molecular weight is 380 g/mol. The number of hydrogen-bond acceptors (Lipinski definition) is 3. The molecule has 0 aliphatic carbocycles. The zero-order chi connectivity index (χ0) is 18.6. The fourth-order valence-corrected chi connectivity index (χ4v) is 2.88. The van der Waals surface area contributed by atoms with Crippen molar-refractivity contribution in [3.05, 3.63) is 64.9 Å². The maximum atomic E-state index is 13.5. The molecule has 0 unspecified atom stereocenters. The minimum absolute atomic E-state index is 0.0391. The molecule has 0 N–H and O–H groups in total. The number of nitrogens with zero attached hydrogens (tertiary/aromatic N) is 1. The quantitative estimate of drug-likeness (QED) is 0.540. The topological polar surface area (TPSA) is 29.5 Å². The number of hydrogen-bond donors (Lipinski definition) is 0. The van der Waals surface area contributed by atoms with E-state index in [0.29, 0.717) is 10.7 Å². The molecule has 3 nitrogen and oxygen atoms in total. The van der Waals surface area contributed by atoms with Crippen molar-refractivity contribution in [2.75, 3.05) is 4.90 Å². The third-order valence-corrected chi connectivity index (χ3v) is 4.22. The Balaban J connectivity index is 2.45. The van der Waals surface area contributed by atoms with Gasteiger partial charge in [0.15, 0.2) is 0 Å². The van der Waals surface area contributed by atoms with Crippen LogP contribution < -0.4 is 4.90 Å². The highest BCUT2D eigenvalue weighted by Gasteiger charge is 2.28. The van der Waals surface area contributed by atoms with Crippen LogP contribution in [0.15, 0.2) is 48.5 Å². The van der Waals surface area contributed by atoms with Gasteiger partial charge in [-0.3, -0.25) is 0 Å². The van der Waals surface area contributed by atoms with Gasteiger partial charge in [0.2, 0.25) is 0 Å². The number of carbonyl (C=O) groups excluding carboxylic acids is 1. The monoisotopic (exact) mass is 379 g/mol. The number of anilines is 1. The second-order valence-corrected chi connectivity index (χ2v) is 6.60. The summed E-state index contributed by atoms with van der Waals surface area (Å²) in [5.41, 5.74) is 1.29. The van der Waals surface area contributed by atoms with Crippen LogP contribution in [0.3, 0.4) is 0 Å². The van der Waals surface area contributed by atoms with E-state index in [9.17, 15) is 9.18 Å². The van der Waals surface area contributed by atoms with E-state index in [1.165, 1.54) is 18.2 Å². The van der Waals surface area contributed by atoms with Crippen molar-refractivity contribution in [2.24, 2.45) is 0 Å². The Morgan fingerprint density at radius 1 is 1.16 bits per heavy atom. The molecule has 2 rings (SSSR count). The lowest BCUT2D eigenvalue weighted by Gasteiger charge is -2.31. The van der Waals surface area contributed by atoms with Crippen LogP contribution in [0, 0.1) is 5.82 Å². The lowest BCUT2D eigenvalue weighted by Crippen LogP contribution is -2.44. The molecule has 2 aromatic carbocycles. The van der Waals surface area contributed by atoms with Crippen LogP contribution in [0.5, 0.6) is 0 Å². The maximum Gasteiger partial charge on any atom is 0.329 e. The zero-order valence-electron chi connectivity index (χ0n) is 14.2. The lowest BCUT2D eigenvalue weighted by atomic mass is 10.1. The summed E-state index contributed by atoms with van der Waals surface area (Å²) in [4.78, 5) is 14.5. The first kappa shape index (κ1) is 19.3. The van der Waals surface area contributed by atoms with Crippen LogP contribution in [-0.4, -0.2) is 23.1 Å². The number of rotatable bonds is 5. The van der Waals surface area contributed by atoms with Gasteiger partial charge in [-0.1, -0.05) is 54.2 Å². The predicted octanol–water partition coefficient (Wildman–Crippen LogP) is 5.00. The first-order chi connectivity index (χ1) is 11.8. The van der Waals surface area contributed by atoms with Gasteiger partial charge >= 0.3 is 5.97 Å². The van der Waals surface area contributed by atoms with Crippen molar-refractivity contribution >= 4 is 40.5 Å². The van der Waals surface area contributed by atoms with Crippen molar-refractivity contribution in [3.8, 4) is 0 Å². The molecule has 25 heavy (non-hydrogen) atoms. The summed E-state index contributed by atoms with van der Waals surface area (Å²) >= 11 is 11.5. The second kappa shape index (κ2) is 8.41. The molecular weight excluding hydrogens is 361 g/mol. The van der Waals surface area contributed by atoms with Crippen LogP contribution in [0.1, 0.15) is 26.3 Å². The zero-order valence-corrected chi connectivity index (χ0v) is 15.8. The van der Waals surface area contributed by atoms with Crippen LogP contribution in [0.25, 0.3) is 0 Å². The third-order valence-electron chi connectivity index (χ3n) is 3.50. The number of esters is 1. The molecule has 0 spiro atoms. The Kier molecular flexibility index (Phi) is 6.51. The van der Waals surface area contributed by atoms with Gasteiger partial charge in [-0.25, -0.2) is 9.18 Å². The molecule has 0 saturated carbocycles. The van der Waals surface area contributed by atoms with Gasteiger partial charge < -0.3 is 9.64 Å². The third kappa shape index (κ3) is 4.77. The van der Waals surface area contributed by atoms with Crippen LogP contribution in [0.2, 0.25) is 5.02 Å². The number of thiocarbonyl (C=S) groups is 1. The molecule has 0 bridgehead atoms. The molecule has 6 heteroatoms. The lowest BCUT2D eigenvalue weighted by molar-refractivity contribution is -0.148. The van der Waals surface area contributed by atoms with Gasteiger partial charge in [-0.2, -0.15) is 0 Å². The van der Waals surface area contributed by atoms with E-state index < -0.39 is 17.8 Å². The van der Waals surface area contributed by atoms with E-state index >= 15 is 0 Å². The van der Waals surface area contributed by atoms with E-state index in [-0.39, 0.29) is 11.1 Å². The molecule has 0 fully saturated rings. The number of ether oxygens (including phenoxy) is 1. The predicted molar refractivity (Wildman–Crippen MR) is 103 cm³/mol. The van der Waals surface area contributed by atoms with Gasteiger partial charge in [0.05, 0.1) is 11.1 Å². The standard InChI is InChI=1S/C19H19ClFNO2S/c1-12(2)24-19(23)13(3)22(15-9-10-17(21)16(20)11-15)18(25)14-7-5-4-6-8-14/h4-13H,1-3H3/t13-/m0/s1. The molecule has 0 saturated heterocycles. The SMILES string of the molecule is CC(C)OC(=O)[C@H](C)N(C(=S)c1ccccc1)c1ccc(F)c(Cl)c1. The highest BCUT2D eigenvalue weighted by Crippen LogP contribution is 2.27. The van der Waals surface area contributed by atoms with E-state index in [2.05, 4.69) is 0 Å².